The highest BCUT2D eigenvalue weighted by molar-refractivity contribution is 9.10. The Bertz CT molecular complexity index is 459. The van der Waals surface area contributed by atoms with Gasteiger partial charge in [-0.3, -0.25) is 4.79 Å². The number of hydrogen-bond acceptors (Lipinski definition) is 3. The van der Waals surface area contributed by atoms with E-state index < -0.39 is 0 Å². The molecule has 118 valence electrons. The van der Waals surface area contributed by atoms with Crippen LogP contribution in [0.5, 0.6) is 5.75 Å². The zero-order valence-electron chi connectivity index (χ0n) is 12.0. The third kappa shape index (κ3) is 6.24. The summed E-state index contributed by atoms with van der Waals surface area (Å²) in [5, 5.41) is 0. The number of amides is 1. The van der Waals surface area contributed by atoms with Crippen molar-refractivity contribution in [3.8, 4) is 5.75 Å². The fourth-order valence-electron chi connectivity index (χ4n) is 2.36. The Morgan fingerprint density at radius 2 is 2.29 bits per heavy atom. The molecular formula is C15H22BrClN2O2. The largest absolute Gasteiger partial charge is 0.494 e. The van der Waals surface area contributed by atoms with Gasteiger partial charge in [-0.2, -0.15) is 0 Å². The van der Waals surface area contributed by atoms with Gasteiger partial charge in [0.05, 0.1) is 6.61 Å². The Morgan fingerprint density at radius 1 is 1.48 bits per heavy atom. The molecule has 1 aliphatic heterocycles. The van der Waals surface area contributed by atoms with Crippen LogP contribution >= 0.6 is 28.3 Å². The predicted molar refractivity (Wildman–Crippen MR) is 89.9 cm³/mol. The highest BCUT2D eigenvalue weighted by Crippen LogP contribution is 2.18. The minimum absolute atomic E-state index is 0. The van der Waals surface area contributed by atoms with Crippen LogP contribution in [-0.4, -0.2) is 36.5 Å². The van der Waals surface area contributed by atoms with Crippen molar-refractivity contribution in [2.24, 2.45) is 5.73 Å². The molecule has 1 unspecified atom stereocenters. The summed E-state index contributed by atoms with van der Waals surface area (Å²) >= 11 is 3.40. The second-order valence-electron chi connectivity index (χ2n) is 5.15. The summed E-state index contributed by atoms with van der Waals surface area (Å²) in [6.45, 7) is 2.10. The molecule has 6 heteroatoms. The maximum atomic E-state index is 12.0. The van der Waals surface area contributed by atoms with E-state index in [-0.39, 0.29) is 24.4 Å². The standard InChI is InChI=1S/C15H21BrN2O2.ClH/c16-12-4-1-6-14(10-12)20-9-3-7-15(19)18-8-2-5-13(17)11-18;/h1,4,6,10,13H,2-3,5,7-9,11,17H2;1H. The molecule has 1 aliphatic rings. The van der Waals surface area contributed by atoms with Crippen molar-refractivity contribution >= 4 is 34.2 Å². The molecule has 1 amide bonds. The van der Waals surface area contributed by atoms with E-state index in [9.17, 15) is 4.79 Å². The Balaban J connectivity index is 0.00000220. The maximum Gasteiger partial charge on any atom is 0.222 e. The molecule has 21 heavy (non-hydrogen) atoms. The Kier molecular flexibility index (Phi) is 8.07. The first kappa shape index (κ1) is 18.3. The fraction of sp³-hybridized carbons (Fsp3) is 0.533. The highest BCUT2D eigenvalue weighted by Gasteiger charge is 2.20. The van der Waals surface area contributed by atoms with Gasteiger partial charge in [0.15, 0.2) is 0 Å². The van der Waals surface area contributed by atoms with Crippen LogP contribution in [0.25, 0.3) is 0 Å². The molecule has 2 rings (SSSR count). The van der Waals surface area contributed by atoms with Crippen LogP contribution < -0.4 is 10.5 Å². The molecule has 1 heterocycles. The normalized spacial score (nSPS) is 18.0. The Morgan fingerprint density at radius 3 is 3.00 bits per heavy atom. The lowest BCUT2D eigenvalue weighted by atomic mass is 10.1. The van der Waals surface area contributed by atoms with Gasteiger partial charge in [0.25, 0.3) is 0 Å². The van der Waals surface area contributed by atoms with E-state index in [1.807, 2.05) is 29.2 Å². The minimum Gasteiger partial charge on any atom is -0.494 e. The third-order valence-electron chi connectivity index (χ3n) is 3.41. The van der Waals surface area contributed by atoms with E-state index in [1.54, 1.807) is 0 Å². The number of likely N-dealkylation sites (tertiary alicyclic amines) is 1. The van der Waals surface area contributed by atoms with E-state index in [1.165, 1.54) is 0 Å². The first-order valence-corrected chi connectivity index (χ1v) is 7.86. The van der Waals surface area contributed by atoms with Gasteiger partial charge in [-0.25, -0.2) is 0 Å². The lowest BCUT2D eigenvalue weighted by Crippen LogP contribution is -2.45. The van der Waals surface area contributed by atoms with Crippen LogP contribution in [0.15, 0.2) is 28.7 Å². The summed E-state index contributed by atoms with van der Waals surface area (Å²) in [6, 6.07) is 7.86. The molecule has 0 aliphatic carbocycles. The zero-order valence-corrected chi connectivity index (χ0v) is 14.4. The van der Waals surface area contributed by atoms with Crippen LogP contribution in [0.1, 0.15) is 25.7 Å². The molecule has 4 nitrogen and oxygen atoms in total. The quantitative estimate of drug-likeness (QED) is 0.803. The summed E-state index contributed by atoms with van der Waals surface area (Å²) in [7, 11) is 0. The number of piperidine rings is 1. The molecule has 1 fully saturated rings. The van der Waals surface area contributed by atoms with Crippen LogP contribution in [0.2, 0.25) is 0 Å². The summed E-state index contributed by atoms with van der Waals surface area (Å²) in [6.07, 6.45) is 3.30. The smallest absolute Gasteiger partial charge is 0.222 e. The van der Waals surface area contributed by atoms with Crippen molar-refractivity contribution in [1.82, 2.24) is 4.90 Å². The van der Waals surface area contributed by atoms with Crippen molar-refractivity contribution in [2.45, 2.75) is 31.7 Å². The number of rotatable bonds is 5. The average molecular weight is 378 g/mol. The van der Waals surface area contributed by atoms with Crippen molar-refractivity contribution < 1.29 is 9.53 Å². The number of carbonyl (C=O) groups excluding carboxylic acids is 1. The van der Waals surface area contributed by atoms with E-state index >= 15 is 0 Å². The van der Waals surface area contributed by atoms with Crippen LogP contribution in [0.4, 0.5) is 0 Å². The van der Waals surface area contributed by atoms with E-state index in [2.05, 4.69) is 15.9 Å². The lowest BCUT2D eigenvalue weighted by molar-refractivity contribution is -0.132. The summed E-state index contributed by atoms with van der Waals surface area (Å²) in [5.74, 6) is 1.02. The van der Waals surface area contributed by atoms with Gasteiger partial charge in [-0.1, -0.05) is 22.0 Å². The van der Waals surface area contributed by atoms with Gasteiger partial charge in [0.2, 0.25) is 5.91 Å². The average Bonchev–Trinajstić information content (AvgIpc) is 2.43. The van der Waals surface area contributed by atoms with Crippen molar-refractivity contribution in [2.75, 3.05) is 19.7 Å². The number of halogens is 2. The lowest BCUT2D eigenvalue weighted by Gasteiger charge is -2.30. The molecular weight excluding hydrogens is 356 g/mol. The minimum atomic E-state index is 0. The zero-order chi connectivity index (χ0) is 14.4. The Labute approximate surface area is 140 Å². The first-order valence-electron chi connectivity index (χ1n) is 7.07. The topological polar surface area (TPSA) is 55.6 Å². The first-order chi connectivity index (χ1) is 9.65. The van der Waals surface area contributed by atoms with E-state index in [4.69, 9.17) is 10.5 Å². The van der Waals surface area contributed by atoms with Crippen molar-refractivity contribution in [1.29, 1.82) is 0 Å². The van der Waals surface area contributed by atoms with E-state index in [0.29, 0.717) is 19.6 Å². The van der Waals surface area contributed by atoms with Gasteiger partial charge in [0, 0.05) is 30.0 Å². The summed E-state index contributed by atoms with van der Waals surface area (Å²) in [5.41, 5.74) is 5.88. The molecule has 0 radical (unpaired) electrons. The third-order valence-corrected chi connectivity index (χ3v) is 3.90. The van der Waals surface area contributed by atoms with Crippen LogP contribution in [0, 0.1) is 0 Å². The second-order valence-corrected chi connectivity index (χ2v) is 6.07. The molecule has 1 saturated heterocycles. The van der Waals surface area contributed by atoms with Gasteiger partial charge in [-0.05, 0) is 37.5 Å². The monoisotopic (exact) mass is 376 g/mol. The number of benzene rings is 1. The molecule has 0 spiro atoms. The van der Waals surface area contributed by atoms with Crippen molar-refractivity contribution in [3.05, 3.63) is 28.7 Å². The van der Waals surface area contributed by atoms with Crippen LogP contribution in [0.3, 0.4) is 0 Å². The number of hydrogen-bond donors (Lipinski definition) is 1. The molecule has 2 N–H and O–H groups in total. The molecule has 1 atom stereocenters. The van der Waals surface area contributed by atoms with Gasteiger partial charge in [-0.15, -0.1) is 12.4 Å². The molecule has 0 bridgehead atoms. The molecule has 0 aromatic heterocycles. The number of carbonyl (C=O) groups is 1. The SMILES string of the molecule is Cl.NC1CCCN(C(=O)CCCOc2cccc(Br)c2)C1. The number of ether oxygens (including phenoxy) is 1. The highest BCUT2D eigenvalue weighted by atomic mass is 79.9. The second kappa shape index (κ2) is 9.28. The predicted octanol–water partition coefficient (Wildman–Crippen LogP) is 2.98. The summed E-state index contributed by atoms with van der Waals surface area (Å²) in [4.78, 5) is 13.9. The van der Waals surface area contributed by atoms with E-state index in [0.717, 1.165) is 36.0 Å². The summed E-state index contributed by atoms with van der Waals surface area (Å²) < 4.78 is 6.61. The maximum absolute atomic E-state index is 12.0. The molecule has 0 saturated carbocycles. The number of nitrogens with two attached hydrogens (primary N) is 1. The van der Waals surface area contributed by atoms with Crippen LogP contribution in [-0.2, 0) is 4.79 Å². The fourth-order valence-corrected chi connectivity index (χ4v) is 2.74. The van der Waals surface area contributed by atoms with Gasteiger partial charge in [0.1, 0.15) is 5.75 Å². The van der Waals surface area contributed by atoms with Gasteiger partial charge >= 0.3 is 0 Å². The molecule has 1 aromatic rings. The Hall–Kier alpha value is -0.780. The number of nitrogens with zero attached hydrogens (tertiary/aromatic N) is 1. The van der Waals surface area contributed by atoms with Crippen molar-refractivity contribution in [3.63, 3.8) is 0 Å². The molecule has 1 aromatic carbocycles. The van der Waals surface area contributed by atoms with Gasteiger partial charge < -0.3 is 15.4 Å².